The fraction of sp³-hybridized carbons (Fsp3) is 0.462. The zero-order chi connectivity index (χ0) is 14.4. The summed E-state index contributed by atoms with van der Waals surface area (Å²) in [6.45, 7) is 4.13. The number of thioether (sulfide) groups is 1. The van der Waals surface area contributed by atoms with E-state index < -0.39 is 0 Å². The second-order valence-electron chi connectivity index (χ2n) is 4.49. The van der Waals surface area contributed by atoms with Crippen molar-refractivity contribution in [1.29, 1.82) is 0 Å². The predicted octanol–water partition coefficient (Wildman–Crippen LogP) is 2.93. The quantitative estimate of drug-likeness (QED) is 0.771. The SMILES string of the molecule is CCCC(C)NC(=O)CSc1n[nH]c(-c2cccs2)n1. The van der Waals surface area contributed by atoms with Gasteiger partial charge in [0.15, 0.2) is 5.82 Å². The van der Waals surface area contributed by atoms with Crippen molar-refractivity contribution in [1.82, 2.24) is 20.5 Å². The van der Waals surface area contributed by atoms with E-state index in [1.165, 1.54) is 11.8 Å². The van der Waals surface area contributed by atoms with Crippen LogP contribution in [0.2, 0.25) is 0 Å². The summed E-state index contributed by atoms with van der Waals surface area (Å²) in [4.78, 5) is 17.2. The first kappa shape index (κ1) is 15.1. The number of carbonyl (C=O) groups is 1. The minimum Gasteiger partial charge on any atom is -0.353 e. The van der Waals surface area contributed by atoms with Gasteiger partial charge in [-0.1, -0.05) is 31.2 Å². The van der Waals surface area contributed by atoms with E-state index in [9.17, 15) is 4.79 Å². The number of rotatable bonds is 7. The molecule has 1 amide bonds. The van der Waals surface area contributed by atoms with Crippen molar-refractivity contribution in [2.24, 2.45) is 0 Å². The second kappa shape index (κ2) is 7.44. The maximum Gasteiger partial charge on any atom is 0.230 e. The molecular formula is C13H18N4OS2. The number of hydrogen-bond acceptors (Lipinski definition) is 5. The first-order chi connectivity index (χ1) is 9.69. The standard InChI is InChI=1S/C13H18N4OS2/c1-3-5-9(2)14-11(18)8-20-13-15-12(16-17-13)10-6-4-7-19-10/h4,6-7,9H,3,5,8H2,1-2H3,(H,14,18)(H,15,16,17). The van der Waals surface area contributed by atoms with Gasteiger partial charge >= 0.3 is 0 Å². The minimum absolute atomic E-state index is 0.0263. The van der Waals surface area contributed by atoms with Crippen molar-refractivity contribution in [3.05, 3.63) is 17.5 Å². The molecule has 5 nitrogen and oxygen atoms in total. The first-order valence-corrected chi connectivity index (χ1v) is 8.44. The number of thiophene rings is 1. The lowest BCUT2D eigenvalue weighted by molar-refractivity contribution is -0.119. The molecule has 108 valence electrons. The summed E-state index contributed by atoms with van der Waals surface area (Å²) in [5, 5.41) is 12.6. The Morgan fingerprint density at radius 2 is 2.45 bits per heavy atom. The summed E-state index contributed by atoms with van der Waals surface area (Å²) < 4.78 is 0. The molecule has 0 saturated carbocycles. The molecule has 7 heteroatoms. The van der Waals surface area contributed by atoms with E-state index in [1.807, 2.05) is 24.4 Å². The Morgan fingerprint density at radius 1 is 1.60 bits per heavy atom. The first-order valence-electron chi connectivity index (χ1n) is 6.57. The van der Waals surface area contributed by atoms with Gasteiger partial charge in [0.1, 0.15) is 0 Å². The molecule has 0 bridgehead atoms. The van der Waals surface area contributed by atoms with E-state index in [2.05, 4.69) is 27.4 Å². The van der Waals surface area contributed by atoms with Crippen molar-refractivity contribution >= 4 is 29.0 Å². The number of aromatic nitrogens is 3. The van der Waals surface area contributed by atoms with E-state index in [0.717, 1.165) is 23.5 Å². The van der Waals surface area contributed by atoms with Gasteiger partial charge in [-0.25, -0.2) is 4.98 Å². The number of carbonyl (C=O) groups excluding carboxylic acids is 1. The third-order valence-electron chi connectivity index (χ3n) is 2.68. The van der Waals surface area contributed by atoms with Crippen LogP contribution in [0.3, 0.4) is 0 Å². The van der Waals surface area contributed by atoms with Gasteiger partial charge in [-0.3, -0.25) is 9.89 Å². The topological polar surface area (TPSA) is 70.7 Å². The Labute approximate surface area is 126 Å². The van der Waals surface area contributed by atoms with Crippen molar-refractivity contribution in [2.45, 2.75) is 37.9 Å². The van der Waals surface area contributed by atoms with E-state index in [0.29, 0.717) is 10.9 Å². The second-order valence-corrected chi connectivity index (χ2v) is 6.38. The van der Waals surface area contributed by atoms with Gasteiger partial charge in [-0.2, -0.15) is 0 Å². The third kappa shape index (κ3) is 4.35. The van der Waals surface area contributed by atoms with Crippen LogP contribution in [0.1, 0.15) is 26.7 Å². The number of nitrogens with one attached hydrogen (secondary N) is 2. The highest BCUT2D eigenvalue weighted by Gasteiger charge is 2.10. The molecule has 0 saturated heterocycles. The van der Waals surface area contributed by atoms with E-state index in [4.69, 9.17) is 0 Å². The predicted molar refractivity (Wildman–Crippen MR) is 82.9 cm³/mol. The highest BCUT2D eigenvalue weighted by molar-refractivity contribution is 7.99. The van der Waals surface area contributed by atoms with Gasteiger partial charge in [0.05, 0.1) is 10.6 Å². The molecule has 0 aliphatic heterocycles. The van der Waals surface area contributed by atoms with Gasteiger partial charge in [0, 0.05) is 6.04 Å². The van der Waals surface area contributed by atoms with Crippen LogP contribution in [0.5, 0.6) is 0 Å². The van der Waals surface area contributed by atoms with E-state index in [-0.39, 0.29) is 11.9 Å². The maximum atomic E-state index is 11.7. The molecule has 2 heterocycles. The fourth-order valence-corrected chi connectivity index (χ4v) is 3.06. The molecule has 1 atom stereocenters. The Bertz CT molecular complexity index is 538. The van der Waals surface area contributed by atoms with E-state index >= 15 is 0 Å². The highest BCUT2D eigenvalue weighted by Crippen LogP contribution is 2.22. The van der Waals surface area contributed by atoms with Gasteiger partial charge < -0.3 is 5.32 Å². The Balaban J connectivity index is 1.81. The monoisotopic (exact) mass is 310 g/mol. The summed E-state index contributed by atoms with van der Waals surface area (Å²) >= 11 is 2.95. The average molecular weight is 310 g/mol. The molecule has 1 unspecified atom stereocenters. The van der Waals surface area contributed by atoms with E-state index in [1.54, 1.807) is 11.3 Å². The Morgan fingerprint density at radius 3 is 3.15 bits per heavy atom. The van der Waals surface area contributed by atoms with Crippen LogP contribution >= 0.6 is 23.1 Å². The largest absolute Gasteiger partial charge is 0.353 e. The van der Waals surface area contributed by atoms with Crippen LogP contribution in [-0.4, -0.2) is 32.9 Å². The van der Waals surface area contributed by atoms with Gasteiger partial charge in [0.2, 0.25) is 11.1 Å². The molecule has 2 aromatic rings. The highest BCUT2D eigenvalue weighted by atomic mass is 32.2. The molecular weight excluding hydrogens is 292 g/mol. The van der Waals surface area contributed by atoms with Crippen LogP contribution in [0.25, 0.3) is 10.7 Å². The molecule has 0 aliphatic carbocycles. The zero-order valence-corrected chi connectivity index (χ0v) is 13.2. The van der Waals surface area contributed by atoms with Crippen LogP contribution in [0, 0.1) is 0 Å². The number of nitrogens with zero attached hydrogens (tertiary/aromatic N) is 2. The lowest BCUT2D eigenvalue weighted by atomic mass is 10.2. The van der Waals surface area contributed by atoms with Crippen molar-refractivity contribution < 1.29 is 4.79 Å². The molecule has 20 heavy (non-hydrogen) atoms. The normalized spacial score (nSPS) is 12.3. The van der Waals surface area contributed by atoms with Gasteiger partial charge in [0.25, 0.3) is 0 Å². The number of hydrogen-bond donors (Lipinski definition) is 2. The number of H-pyrrole nitrogens is 1. The molecule has 2 N–H and O–H groups in total. The Hall–Kier alpha value is -1.34. The Kier molecular flexibility index (Phi) is 5.60. The van der Waals surface area contributed by atoms with Crippen LogP contribution in [0.4, 0.5) is 0 Å². The van der Waals surface area contributed by atoms with Crippen molar-refractivity contribution in [3.8, 4) is 10.7 Å². The lowest BCUT2D eigenvalue weighted by Crippen LogP contribution is -2.33. The van der Waals surface area contributed by atoms with Gasteiger partial charge in [-0.05, 0) is 24.8 Å². The molecule has 0 aromatic carbocycles. The lowest BCUT2D eigenvalue weighted by Gasteiger charge is -2.11. The molecule has 0 radical (unpaired) electrons. The van der Waals surface area contributed by atoms with Crippen LogP contribution < -0.4 is 5.32 Å². The molecule has 0 spiro atoms. The number of aromatic amines is 1. The molecule has 2 aromatic heterocycles. The van der Waals surface area contributed by atoms with Crippen LogP contribution in [0.15, 0.2) is 22.7 Å². The summed E-state index contributed by atoms with van der Waals surface area (Å²) in [6, 6.07) is 4.18. The third-order valence-corrected chi connectivity index (χ3v) is 4.40. The smallest absolute Gasteiger partial charge is 0.230 e. The number of amides is 1. The molecule has 2 rings (SSSR count). The van der Waals surface area contributed by atoms with Crippen LogP contribution in [-0.2, 0) is 4.79 Å². The summed E-state index contributed by atoms with van der Waals surface area (Å²) in [7, 11) is 0. The summed E-state index contributed by atoms with van der Waals surface area (Å²) in [6.07, 6.45) is 2.07. The average Bonchev–Trinajstić information content (AvgIpc) is 3.07. The van der Waals surface area contributed by atoms with Gasteiger partial charge in [-0.15, -0.1) is 16.4 Å². The molecule has 0 aliphatic rings. The molecule has 0 fully saturated rings. The van der Waals surface area contributed by atoms with Crippen molar-refractivity contribution in [3.63, 3.8) is 0 Å². The summed E-state index contributed by atoms with van der Waals surface area (Å²) in [5.74, 6) is 1.12. The van der Waals surface area contributed by atoms with Crippen molar-refractivity contribution in [2.75, 3.05) is 5.75 Å². The maximum absolute atomic E-state index is 11.7. The zero-order valence-electron chi connectivity index (χ0n) is 11.5. The fourth-order valence-electron chi connectivity index (χ4n) is 1.79. The summed E-state index contributed by atoms with van der Waals surface area (Å²) in [5.41, 5.74) is 0. The minimum atomic E-state index is 0.0263.